The maximum Gasteiger partial charge on any atom is 0.245 e. The molecule has 2 rings (SSSR count). The van der Waals surface area contributed by atoms with Gasteiger partial charge >= 0.3 is 0 Å². The topological polar surface area (TPSA) is 67.6 Å². The molecule has 0 saturated carbocycles. The first kappa shape index (κ1) is 16.2. The van der Waals surface area contributed by atoms with Crippen LogP contribution in [-0.4, -0.2) is 25.8 Å². The molecule has 1 amide bonds. The molecule has 7 heteroatoms. The van der Waals surface area contributed by atoms with Crippen LogP contribution in [0.15, 0.2) is 47.1 Å². The summed E-state index contributed by atoms with van der Waals surface area (Å²) < 4.78 is 42.5. The molecular formula is C15H16FNO4S. The molecule has 118 valence electrons. The first-order chi connectivity index (χ1) is 10.3. The van der Waals surface area contributed by atoms with Crippen molar-refractivity contribution in [1.29, 1.82) is 0 Å². The van der Waals surface area contributed by atoms with Crippen molar-refractivity contribution < 1.29 is 22.0 Å². The highest BCUT2D eigenvalue weighted by molar-refractivity contribution is 7.92. The second kappa shape index (κ2) is 6.31. The van der Waals surface area contributed by atoms with Crippen LogP contribution >= 0.6 is 0 Å². The molecule has 22 heavy (non-hydrogen) atoms. The number of furan rings is 1. The number of amides is 1. The van der Waals surface area contributed by atoms with E-state index < -0.39 is 26.8 Å². The Hall–Kier alpha value is -2.15. The molecule has 0 N–H and O–H groups in total. The lowest BCUT2D eigenvalue weighted by Crippen LogP contribution is -2.41. The summed E-state index contributed by atoms with van der Waals surface area (Å²) in [4.78, 5) is 13.6. The van der Waals surface area contributed by atoms with E-state index in [9.17, 15) is 17.6 Å². The highest BCUT2D eigenvalue weighted by Crippen LogP contribution is 2.23. The summed E-state index contributed by atoms with van der Waals surface area (Å²) in [5, 5.41) is -1.28. The largest absolute Gasteiger partial charge is 0.467 e. The van der Waals surface area contributed by atoms with Crippen LogP contribution < -0.4 is 4.90 Å². The molecule has 0 aliphatic rings. The molecule has 0 spiro atoms. The lowest BCUT2D eigenvalue weighted by Gasteiger charge is -2.24. The quantitative estimate of drug-likeness (QED) is 0.846. The third kappa shape index (κ3) is 3.54. The van der Waals surface area contributed by atoms with Gasteiger partial charge in [0.1, 0.15) is 16.8 Å². The highest BCUT2D eigenvalue weighted by Gasteiger charge is 2.31. The fourth-order valence-corrected chi connectivity index (χ4v) is 2.41. The summed E-state index contributed by atoms with van der Waals surface area (Å²) in [5.41, 5.74) is 0.0133. The van der Waals surface area contributed by atoms with E-state index >= 15 is 0 Å². The van der Waals surface area contributed by atoms with Crippen molar-refractivity contribution in [2.45, 2.75) is 18.7 Å². The number of halogens is 1. The minimum atomic E-state index is -3.59. The van der Waals surface area contributed by atoms with Crippen molar-refractivity contribution in [3.63, 3.8) is 0 Å². The predicted octanol–water partition coefficient (Wildman–Crippen LogP) is 2.39. The van der Waals surface area contributed by atoms with E-state index in [1.165, 1.54) is 31.4 Å². The van der Waals surface area contributed by atoms with Gasteiger partial charge in [-0.15, -0.1) is 0 Å². The number of para-hydroxylation sites is 1. The molecule has 1 aromatic carbocycles. The number of carbonyl (C=O) groups excluding carboxylic acids is 1. The number of hydrogen-bond acceptors (Lipinski definition) is 4. The zero-order valence-electron chi connectivity index (χ0n) is 12.2. The van der Waals surface area contributed by atoms with Gasteiger partial charge in [0.15, 0.2) is 9.84 Å². The van der Waals surface area contributed by atoms with Gasteiger partial charge in [-0.05, 0) is 31.2 Å². The van der Waals surface area contributed by atoms with E-state index in [1.807, 2.05) is 0 Å². The van der Waals surface area contributed by atoms with Crippen LogP contribution in [0.1, 0.15) is 12.7 Å². The number of carbonyl (C=O) groups is 1. The van der Waals surface area contributed by atoms with Crippen LogP contribution in [0.2, 0.25) is 0 Å². The van der Waals surface area contributed by atoms with Gasteiger partial charge in [0.25, 0.3) is 0 Å². The summed E-state index contributed by atoms with van der Waals surface area (Å²) in [6.45, 7) is 1.24. The fourth-order valence-electron chi connectivity index (χ4n) is 1.91. The Bertz CT molecular complexity index is 756. The van der Waals surface area contributed by atoms with Crippen molar-refractivity contribution in [3.8, 4) is 0 Å². The monoisotopic (exact) mass is 325 g/mol. The third-order valence-electron chi connectivity index (χ3n) is 3.29. The Morgan fingerprint density at radius 2 is 1.95 bits per heavy atom. The number of sulfone groups is 1. The van der Waals surface area contributed by atoms with Gasteiger partial charge in [-0.25, -0.2) is 12.8 Å². The summed E-state index contributed by atoms with van der Waals surface area (Å²) in [7, 11) is -3.59. The van der Waals surface area contributed by atoms with Crippen LogP contribution in [-0.2, 0) is 21.2 Å². The zero-order chi connectivity index (χ0) is 16.3. The minimum Gasteiger partial charge on any atom is -0.467 e. The van der Waals surface area contributed by atoms with Crippen LogP contribution in [0.5, 0.6) is 0 Å². The first-order valence-electron chi connectivity index (χ1n) is 6.58. The van der Waals surface area contributed by atoms with Gasteiger partial charge in [-0.1, -0.05) is 12.1 Å². The summed E-state index contributed by atoms with van der Waals surface area (Å²) >= 11 is 0. The van der Waals surface area contributed by atoms with Gasteiger partial charge in [0, 0.05) is 6.26 Å². The van der Waals surface area contributed by atoms with Crippen molar-refractivity contribution in [3.05, 3.63) is 54.2 Å². The van der Waals surface area contributed by atoms with E-state index in [2.05, 4.69) is 0 Å². The van der Waals surface area contributed by atoms with E-state index in [0.29, 0.717) is 5.76 Å². The number of hydrogen-bond donors (Lipinski definition) is 0. The number of nitrogens with zero attached hydrogens (tertiary/aromatic N) is 1. The number of rotatable bonds is 5. The Kier molecular flexibility index (Phi) is 4.65. The molecule has 0 aliphatic carbocycles. The van der Waals surface area contributed by atoms with Crippen LogP contribution in [0.3, 0.4) is 0 Å². The molecule has 1 heterocycles. The molecule has 1 aromatic heterocycles. The van der Waals surface area contributed by atoms with Crippen LogP contribution in [0, 0.1) is 5.82 Å². The summed E-state index contributed by atoms with van der Waals surface area (Å²) in [6, 6.07) is 8.97. The number of anilines is 1. The van der Waals surface area contributed by atoms with Crippen molar-refractivity contribution in [2.24, 2.45) is 0 Å². The SMILES string of the molecule is C[C@@H](C(=O)N(Cc1ccco1)c1ccccc1F)S(C)(=O)=O. The maximum absolute atomic E-state index is 14.0. The lowest BCUT2D eigenvalue weighted by atomic mass is 10.2. The second-order valence-electron chi connectivity index (χ2n) is 4.93. The lowest BCUT2D eigenvalue weighted by molar-refractivity contribution is -0.118. The van der Waals surface area contributed by atoms with Gasteiger partial charge in [-0.3, -0.25) is 4.79 Å². The summed E-state index contributed by atoms with van der Waals surface area (Å²) in [6.07, 6.45) is 2.40. The van der Waals surface area contributed by atoms with Crippen LogP contribution in [0.25, 0.3) is 0 Å². The molecule has 0 radical (unpaired) electrons. The Labute approximate surface area is 128 Å². The normalized spacial score (nSPS) is 12.9. The first-order valence-corrected chi connectivity index (χ1v) is 8.53. The summed E-state index contributed by atoms with van der Waals surface area (Å²) in [5.74, 6) is -0.885. The van der Waals surface area contributed by atoms with Gasteiger partial charge in [0.05, 0.1) is 18.5 Å². The van der Waals surface area contributed by atoms with Crippen LogP contribution in [0.4, 0.5) is 10.1 Å². The molecule has 2 aromatic rings. The predicted molar refractivity (Wildman–Crippen MR) is 80.6 cm³/mol. The van der Waals surface area contributed by atoms with Gasteiger partial charge in [-0.2, -0.15) is 0 Å². The fraction of sp³-hybridized carbons (Fsp3) is 0.267. The molecule has 0 saturated heterocycles. The minimum absolute atomic E-state index is 0.0133. The molecule has 0 bridgehead atoms. The molecular weight excluding hydrogens is 309 g/mol. The maximum atomic E-state index is 14.0. The van der Waals surface area contributed by atoms with Gasteiger partial charge < -0.3 is 9.32 Å². The Morgan fingerprint density at radius 3 is 2.50 bits per heavy atom. The standard InChI is InChI=1S/C15H16FNO4S/c1-11(22(2,19)20)15(18)17(10-12-6-5-9-21-12)14-8-4-3-7-13(14)16/h3-9,11H,10H2,1-2H3/t11-/m0/s1. The van der Waals surface area contributed by atoms with E-state index in [1.54, 1.807) is 18.2 Å². The zero-order valence-corrected chi connectivity index (χ0v) is 13.0. The molecule has 5 nitrogen and oxygen atoms in total. The Balaban J connectivity index is 2.42. The van der Waals surface area contributed by atoms with Crippen molar-refractivity contribution >= 4 is 21.4 Å². The average molecular weight is 325 g/mol. The van der Waals surface area contributed by atoms with Crippen molar-refractivity contribution in [1.82, 2.24) is 0 Å². The Morgan fingerprint density at radius 1 is 1.27 bits per heavy atom. The van der Waals surface area contributed by atoms with Gasteiger partial charge in [0.2, 0.25) is 5.91 Å². The van der Waals surface area contributed by atoms with E-state index in [-0.39, 0.29) is 12.2 Å². The van der Waals surface area contributed by atoms with E-state index in [0.717, 1.165) is 11.2 Å². The second-order valence-corrected chi connectivity index (χ2v) is 7.29. The third-order valence-corrected chi connectivity index (χ3v) is 4.78. The average Bonchev–Trinajstić information content (AvgIpc) is 2.96. The smallest absolute Gasteiger partial charge is 0.245 e. The van der Waals surface area contributed by atoms with E-state index in [4.69, 9.17) is 4.42 Å². The molecule has 0 unspecified atom stereocenters. The molecule has 1 atom stereocenters. The highest BCUT2D eigenvalue weighted by atomic mass is 32.2. The molecule has 0 fully saturated rings. The molecule has 0 aliphatic heterocycles. The van der Waals surface area contributed by atoms with Crippen molar-refractivity contribution in [2.75, 3.05) is 11.2 Å². The number of benzene rings is 1.